The fraction of sp³-hybridized carbons (Fsp3) is 0. The van der Waals surface area contributed by atoms with E-state index in [2.05, 4.69) is 0 Å². The van der Waals surface area contributed by atoms with Crippen molar-refractivity contribution in [2.45, 2.75) is 0 Å². The van der Waals surface area contributed by atoms with Crippen LogP contribution in [0.1, 0.15) is 0 Å². The minimum absolute atomic E-state index is 1.35. The lowest BCUT2D eigenvalue weighted by Crippen LogP contribution is -1.98. The summed E-state index contributed by atoms with van der Waals surface area (Å²) >= 11 is 0. The van der Waals surface area contributed by atoms with Crippen LogP contribution >= 0.6 is 0 Å². The summed E-state index contributed by atoms with van der Waals surface area (Å²) in [5.41, 5.74) is -3.10. The number of hydrogen-bond acceptors (Lipinski definition) is 8. The number of H-pyrrole nitrogens is 1. The van der Waals surface area contributed by atoms with Gasteiger partial charge in [-0.1, -0.05) is 0 Å². The summed E-state index contributed by atoms with van der Waals surface area (Å²) in [7, 11) is 0. The molecule has 1 rings (SSSR count). The van der Waals surface area contributed by atoms with Crippen LogP contribution in [-0.4, -0.2) is 24.7 Å². The Morgan fingerprint density at radius 2 is 0.941 bits per heavy atom. The Labute approximate surface area is 89.3 Å². The lowest BCUT2D eigenvalue weighted by atomic mass is 10.4. The summed E-state index contributed by atoms with van der Waals surface area (Å²) in [5, 5.41) is 41.6. The molecule has 0 spiro atoms. The highest BCUT2D eigenvalue weighted by molar-refractivity contribution is 5.72. The summed E-state index contributed by atoms with van der Waals surface area (Å²) < 4.78 is 0. The Balaban J connectivity index is 3.73. The second kappa shape index (κ2) is 3.80. The van der Waals surface area contributed by atoms with Gasteiger partial charge in [0.25, 0.3) is 0 Å². The average Bonchev–Trinajstić information content (AvgIpc) is 2.56. The number of nitrogens with one attached hydrogen (secondary N) is 1. The minimum Gasteiger partial charge on any atom is -0.358 e. The highest BCUT2D eigenvalue weighted by Crippen LogP contribution is 2.42. The molecule has 13 nitrogen and oxygen atoms in total. The van der Waals surface area contributed by atoms with Crippen LogP contribution in [0, 0.1) is 40.5 Å². The van der Waals surface area contributed by atoms with E-state index < -0.39 is 42.7 Å². The second-order valence-corrected chi connectivity index (χ2v) is 2.55. The quantitative estimate of drug-likeness (QED) is 0.591. The van der Waals surface area contributed by atoms with E-state index in [4.69, 9.17) is 0 Å². The van der Waals surface area contributed by atoms with Crippen molar-refractivity contribution in [1.82, 2.24) is 4.98 Å². The Hall–Kier alpha value is -3.12. The van der Waals surface area contributed by atoms with E-state index in [1.807, 2.05) is 0 Å². The first-order chi connectivity index (χ1) is 7.77. The molecule has 1 aromatic rings. The van der Waals surface area contributed by atoms with Gasteiger partial charge in [-0.25, -0.2) is 0 Å². The predicted molar refractivity (Wildman–Crippen MR) is 47.4 cm³/mol. The van der Waals surface area contributed by atoms with Crippen LogP contribution in [0.3, 0.4) is 0 Å². The molecule has 0 aliphatic carbocycles. The van der Waals surface area contributed by atoms with Crippen LogP contribution in [0.4, 0.5) is 23.0 Å². The molecule has 13 heteroatoms. The Morgan fingerprint density at radius 3 is 1.12 bits per heavy atom. The van der Waals surface area contributed by atoms with Crippen LogP contribution < -0.4 is 0 Å². The summed E-state index contributed by atoms with van der Waals surface area (Å²) in [6.45, 7) is 0. The van der Waals surface area contributed by atoms with E-state index >= 15 is 0 Å². The summed E-state index contributed by atoms with van der Waals surface area (Å²) in [4.78, 5) is 37.5. The Morgan fingerprint density at radius 1 is 0.647 bits per heavy atom. The standard InChI is InChI=1S/C4HN5O8/c10-6(11)1-2(7(12)13)4(9(16)17)5-3(1)8(14)15/h5H. The Kier molecular flexibility index (Phi) is 2.67. The average molecular weight is 247 g/mol. The number of nitrogens with zero attached hydrogens (tertiary/aromatic N) is 4. The molecular formula is C4HN5O8. The minimum atomic E-state index is -1.55. The van der Waals surface area contributed by atoms with Gasteiger partial charge in [0.15, 0.2) is 0 Å². The van der Waals surface area contributed by atoms with Crippen LogP contribution in [0.25, 0.3) is 0 Å². The van der Waals surface area contributed by atoms with Gasteiger partial charge in [-0.15, -0.1) is 0 Å². The molecule has 1 aromatic heterocycles. The smallest absolute Gasteiger partial charge is 0.358 e. The van der Waals surface area contributed by atoms with Crippen LogP contribution in [0.15, 0.2) is 0 Å². The van der Waals surface area contributed by atoms with E-state index in [0.29, 0.717) is 0 Å². The molecule has 0 bridgehead atoms. The number of aromatic nitrogens is 1. The maximum atomic E-state index is 10.4. The van der Waals surface area contributed by atoms with Crippen molar-refractivity contribution >= 4 is 23.0 Å². The van der Waals surface area contributed by atoms with E-state index in [-0.39, 0.29) is 0 Å². The fourth-order valence-electron chi connectivity index (χ4n) is 1.06. The van der Waals surface area contributed by atoms with Crippen molar-refractivity contribution in [2.75, 3.05) is 0 Å². The van der Waals surface area contributed by atoms with Gasteiger partial charge < -0.3 is 20.2 Å². The molecule has 0 unspecified atom stereocenters. The SMILES string of the molecule is O=[N+]([O-])c1[nH]c([N+](=O)[O-])c([N+](=O)[O-])c1[N+](=O)[O-]. The topological polar surface area (TPSA) is 188 Å². The fourth-order valence-corrected chi connectivity index (χ4v) is 1.06. The second-order valence-electron chi connectivity index (χ2n) is 2.55. The third kappa shape index (κ3) is 1.83. The molecule has 90 valence electrons. The van der Waals surface area contributed by atoms with Crippen LogP contribution in [0.5, 0.6) is 0 Å². The summed E-state index contributed by atoms with van der Waals surface area (Å²) in [6.07, 6.45) is 0. The van der Waals surface area contributed by atoms with Crippen molar-refractivity contribution < 1.29 is 19.7 Å². The molecule has 1 N–H and O–H groups in total. The molecule has 0 radical (unpaired) electrons. The number of nitro groups is 4. The number of rotatable bonds is 4. The lowest BCUT2D eigenvalue weighted by Gasteiger charge is -1.89. The predicted octanol–water partition coefficient (Wildman–Crippen LogP) is 0.647. The first-order valence-corrected chi connectivity index (χ1v) is 3.61. The molecule has 0 atom stereocenters. The van der Waals surface area contributed by atoms with Gasteiger partial charge in [0, 0.05) is 0 Å². The zero-order valence-corrected chi connectivity index (χ0v) is 7.55. The first-order valence-electron chi connectivity index (χ1n) is 3.61. The zero-order valence-electron chi connectivity index (χ0n) is 7.55. The molecular weight excluding hydrogens is 246 g/mol. The van der Waals surface area contributed by atoms with Gasteiger partial charge in [-0.05, 0) is 9.85 Å². The number of hydrogen-bond donors (Lipinski definition) is 1. The van der Waals surface area contributed by atoms with Crippen molar-refractivity contribution in [1.29, 1.82) is 0 Å². The van der Waals surface area contributed by atoms with Gasteiger partial charge in [0.2, 0.25) is 0 Å². The molecule has 0 saturated heterocycles. The lowest BCUT2D eigenvalue weighted by molar-refractivity contribution is -0.446. The third-order valence-electron chi connectivity index (χ3n) is 1.64. The normalized spacial score (nSPS) is 9.88. The maximum absolute atomic E-state index is 10.4. The van der Waals surface area contributed by atoms with Crippen molar-refractivity contribution in [3.63, 3.8) is 0 Å². The van der Waals surface area contributed by atoms with E-state index in [1.165, 1.54) is 4.98 Å². The summed E-state index contributed by atoms with van der Waals surface area (Å²) in [5.74, 6) is -2.82. The Bertz CT molecular complexity index is 498. The summed E-state index contributed by atoms with van der Waals surface area (Å²) in [6, 6.07) is 0. The van der Waals surface area contributed by atoms with E-state index in [1.54, 1.807) is 0 Å². The number of aromatic amines is 1. The highest BCUT2D eigenvalue weighted by Gasteiger charge is 2.47. The maximum Gasteiger partial charge on any atom is 0.447 e. The highest BCUT2D eigenvalue weighted by atomic mass is 16.7. The molecule has 17 heavy (non-hydrogen) atoms. The van der Waals surface area contributed by atoms with Gasteiger partial charge in [0.1, 0.15) is 0 Å². The van der Waals surface area contributed by atoms with E-state index in [9.17, 15) is 40.5 Å². The molecule has 0 fully saturated rings. The van der Waals surface area contributed by atoms with Gasteiger partial charge in [-0.2, -0.15) is 4.98 Å². The molecule has 0 aliphatic rings. The zero-order chi connectivity index (χ0) is 13.3. The van der Waals surface area contributed by atoms with Gasteiger partial charge in [0.05, 0.1) is 9.85 Å². The molecule has 0 amide bonds. The largest absolute Gasteiger partial charge is 0.447 e. The van der Waals surface area contributed by atoms with Crippen LogP contribution in [-0.2, 0) is 0 Å². The molecule has 0 saturated carbocycles. The molecule has 0 aliphatic heterocycles. The van der Waals surface area contributed by atoms with Gasteiger partial charge in [-0.3, -0.25) is 20.2 Å². The van der Waals surface area contributed by atoms with Crippen molar-refractivity contribution in [3.8, 4) is 0 Å². The van der Waals surface area contributed by atoms with E-state index in [0.717, 1.165) is 0 Å². The molecule has 0 aromatic carbocycles. The van der Waals surface area contributed by atoms with Gasteiger partial charge >= 0.3 is 23.0 Å². The molecule has 1 heterocycles. The van der Waals surface area contributed by atoms with Crippen molar-refractivity contribution in [3.05, 3.63) is 40.5 Å². The monoisotopic (exact) mass is 247 g/mol. The first kappa shape index (κ1) is 12.0. The van der Waals surface area contributed by atoms with Crippen LogP contribution in [0.2, 0.25) is 0 Å². The van der Waals surface area contributed by atoms with Crippen molar-refractivity contribution in [2.24, 2.45) is 0 Å². The third-order valence-corrected chi connectivity index (χ3v) is 1.64.